The van der Waals surface area contributed by atoms with Crippen molar-refractivity contribution in [2.45, 2.75) is 11.8 Å². The summed E-state index contributed by atoms with van der Waals surface area (Å²) in [5, 5.41) is 2.35. The summed E-state index contributed by atoms with van der Waals surface area (Å²) in [5.74, 6) is -0.205. The van der Waals surface area contributed by atoms with Crippen LogP contribution in [0.3, 0.4) is 0 Å². The first-order valence-corrected chi connectivity index (χ1v) is 8.84. The van der Waals surface area contributed by atoms with Gasteiger partial charge in [0.25, 0.3) is 0 Å². The quantitative estimate of drug-likeness (QED) is 0.541. The van der Waals surface area contributed by atoms with Gasteiger partial charge in [-0.15, -0.1) is 0 Å². The van der Waals surface area contributed by atoms with Crippen molar-refractivity contribution in [3.8, 4) is 0 Å². The molecule has 0 atom stereocenters. The Balaban J connectivity index is 2.33. The second-order valence-electron chi connectivity index (χ2n) is 4.86. The molecule has 0 aliphatic rings. The molecule has 0 amide bonds. The first-order chi connectivity index (χ1) is 9.59. The molecule has 0 fully saturated rings. The Bertz CT molecular complexity index is 548. The molecule has 4 heteroatoms. The molecule has 2 aromatic carbocycles. The van der Waals surface area contributed by atoms with E-state index in [0.717, 1.165) is 27.7 Å². The molecule has 0 aliphatic heterocycles. The molecule has 20 heavy (non-hydrogen) atoms. The van der Waals surface area contributed by atoms with Gasteiger partial charge in [0.2, 0.25) is 0 Å². The Morgan fingerprint density at radius 3 is 1.95 bits per heavy atom. The van der Waals surface area contributed by atoms with Gasteiger partial charge in [-0.1, -0.05) is 67.7 Å². The maximum absolute atomic E-state index is 13.0. The molecule has 0 heterocycles. The van der Waals surface area contributed by atoms with Crippen LogP contribution in [0.2, 0.25) is 5.02 Å². The summed E-state index contributed by atoms with van der Waals surface area (Å²) in [6, 6.07) is 14.6. The first kappa shape index (κ1) is 16.0. The van der Waals surface area contributed by atoms with Crippen LogP contribution in [0.15, 0.2) is 48.5 Å². The number of benzene rings is 2. The van der Waals surface area contributed by atoms with Crippen molar-refractivity contribution < 1.29 is 4.39 Å². The number of alkyl halides is 2. The van der Waals surface area contributed by atoms with Crippen LogP contribution in [0.1, 0.15) is 11.1 Å². The first-order valence-electron chi connectivity index (χ1n) is 6.22. The Morgan fingerprint density at radius 2 is 1.45 bits per heavy atom. The van der Waals surface area contributed by atoms with Crippen LogP contribution in [0, 0.1) is 5.82 Å². The molecule has 0 aliphatic carbocycles. The Kier molecular flexibility index (Phi) is 5.65. The molecule has 0 spiro atoms. The zero-order valence-electron chi connectivity index (χ0n) is 10.8. The lowest BCUT2D eigenvalue weighted by molar-refractivity contribution is 0.549. The topological polar surface area (TPSA) is 0 Å². The van der Waals surface area contributed by atoms with E-state index in [9.17, 15) is 4.39 Å². The number of hydrogen-bond donors (Lipinski definition) is 0. The van der Waals surface area contributed by atoms with Gasteiger partial charge in [-0.3, -0.25) is 0 Å². The summed E-state index contributed by atoms with van der Waals surface area (Å²) in [5.41, 5.74) is 2.24. The average Bonchev–Trinajstić information content (AvgIpc) is 2.48. The normalized spacial score (nSPS) is 11.6. The van der Waals surface area contributed by atoms with E-state index in [0.29, 0.717) is 0 Å². The third kappa shape index (κ3) is 3.63. The van der Waals surface area contributed by atoms with E-state index in [1.165, 1.54) is 17.7 Å². The van der Waals surface area contributed by atoms with Crippen LogP contribution in [-0.2, 0) is 11.8 Å². The van der Waals surface area contributed by atoms with Crippen molar-refractivity contribution in [1.29, 1.82) is 0 Å². The SMILES string of the molecule is Fc1ccc(CC(CBr)(CBr)c2ccc(Cl)cc2)cc1. The Morgan fingerprint density at radius 1 is 0.900 bits per heavy atom. The summed E-state index contributed by atoms with van der Waals surface area (Å²) in [6.45, 7) is 0. The van der Waals surface area contributed by atoms with Crippen LogP contribution in [0.4, 0.5) is 4.39 Å². The van der Waals surface area contributed by atoms with Gasteiger partial charge in [0.1, 0.15) is 5.82 Å². The van der Waals surface area contributed by atoms with Crippen LogP contribution >= 0.6 is 43.5 Å². The largest absolute Gasteiger partial charge is 0.207 e. The highest BCUT2D eigenvalue weighted by atomic mass is 79.9. The Labute approximate surface area is 140 Å². The zero-order chi connectivity index (χ0) is 14.6. The molecule has 106 valence electrons. The van der Waals surface area contributed by atoms with Crippen LogP contribution < -0.4 is 0 Å². The highest BCUT2D eigenvalue weighted by molar-refractivity contribution is 9.09. The summed E-state index contributed by atoms with van der Waals surface area (Å²) in [6.07, 6.45) is 0.825. The monoisotopic (exact) mass is 418 g/mol. The molecule has 0 saturated carbocycles. The molecule has 0 unspecified atom stereocenters. The maximum Gasteiger partial charge on any atom is 0.123 e. The van der Waals surface area contributed by atoms with Crippen molar-refractivity contribution in [2.24, 2.45) is 0 Å². The van der Waals surface area contributed by atoms with Crippen molar-refractivity contribution in [1.82, 2.24) is 0 Å². The van der Waals surface area contributed by atoms with Crippen molar-refractivity contribution >= 4 is 43.5 Å². The van der Waals surface area contributed by atoms with Crippen LogP contribution in [0.5, 0.6) is 0 Å². The van der Waals surface area contributed by atoms with Gasteiger partial charge < -0.3 is 0 Å². The Hall–Kier alpha value is -0.380. The fourth-order valence-corrected chi connectivity index (χ4v) is 4.28. The third-order valence-corrected chi connectivity index (χ3v) is 5.82. The third-order valence-electron chi connectivity index (χ3n) is 3.42. The fourth-order valence-electron chi connectivity index (χ4n) is 2.18. The summed E-state index contributed by atoms with van der Waals surface area (Å²) in [4.78, 5) is 0. The molecule has 0 radical (unpaired) electrons. The molecule has 2 rings (SSSR count). The van der Waals surface area contributed by atoms with Gasteiger partial charge in [-0.25, -0.2) is 4.39 Å². The van der Waals surface area contributed by atoms with E-state index in [2.05, 4.69) is 31.9 Å². The molecule has 0 aromatic heterocycles. The summed E-state index contributed by atoms with van der Waals surface area (Å²) < 4.78 is 13.0. The smallest absolute Gasteiger partial charge is 0.123 e. The minimum atomic E-state index is -0.205. The lowest BCUT2D eigenvalue weighted by Crippen LogP contribution is -2.32. The molecule has 0 nitrogen and oxygen atoms in total. The fraction of sp³-hybridized carbons (Fsp3) is 0.250. The number of halogens is 4. The van der Waals surface area contributed by atoms with Gasteiger partial charge >= 0.3 is 0 Å². The minimum Gasteiger partial charge on any atom is -0.207 e. The lowest BCUT2D eigenvalue weighted by Gasteiger charge is -2.31. The van der Waals surface area contributed by atoms with Gasteiger partial charge in [-0.05, 0) is 41.8 Å². The molecule has 0 bridgehead atoms. The average molecular weight is 421 g/mol. The highest BCUT2D eigenvalue weighted by Crippen LogP contribution is 2.33. The predicted molar refractivity (Wildman–Crippen MR) is 90.8 cm³/mol. The molecular weight excluding hydrogens is 406 g/mol. The van der Waals surface area contributed by atoms with Gasteiger partial charge in [-0.2, -0.15) is 0 Å². The van der Waals surface area contributed by atoms with Crippen molar-refractivity contribution in [3.63, 3.8) is 0 Å². The molecule has 0 saturated heterocycles. The summed E-state index contributed by atoms with van der Waals surface area (Å²) >= 11 is 13.2. The van der Waals surface area contributed by atoms with Gasteiger partial charge in [0, 0.05) is 21.1 Å². The van der Waals surface area contributed by atoms with E-state index >= 15 is 0 Å². The van der Waals surface area contributed by atoms with Gasteiger partial charge in [0.05, 0.1) is 0 Å². The van der Waals surface area contributed by atoms with Crippen LogP contribution in [0.25, 0.3) is 0 Å². The van der Waals surface area contributed by atoms with E-state index in [4.69, 9.17) is 11.6 Å². The summed E-state index contributed by atoms with van der Waals surface area (Å²) in [7, 11) is 0. The maximum atomic E-state index is 13.0. The molecular formula is C16H14Br2ClF. The van der Waals surface area contributed by atoms with Gasteiger partial charge in [0.15, 0.2) is 0 Å². The second kappa shape index (κ2) is 7.06. The second-order valence-corrected chi connectivity index (χ2v) is 6.42. The zero-order valence-corrected chi connectivity index (χ0v) is 14.7. The van der Waals surface area contributed by atoms with Crippen molar-refractivity contribution in [2.75, 3.05) is 10.7 Å². The van der Waals surface area contributed by atoms with Crippen molar-refractivity contribution in [3.05, 3.63) is 70.5 Å². The van der Waals surface area contributed by atoms with E-state index in [-0.39, 0.29) is 11.2 Å². The minimum absolute atomic E-state index is 0.0809. The van der Waals surface area contributed by atoms with E-state index < -0.39 is 0 Å². The number of rotatable bonds is 5. The van der Waals surface area contributed by atoms with E-state index in [1.54, 1.807) is 0 Å². The van der Waals surface area contributed by atoms with E-state index in [1.807, 2.05) is 36.4 Å². The lowest BCUT2D eigenvalue weighted by atomic mass is 9.79. The predicted octanol–water partition coefficient (Wildman–Crippen LogP) is 5.75. The highest BCUT2D eigenvalue weighted by Gasteiger charge is 2.30. The molecule has 2 aromatic rings. The standard InChI is InChI=1S/C16H14Br2ClF/c17-10-16(11-18,13-3-5-14(19)6-4-13)9-12-1-7-15(20)8-2-12/h1-8H,9-11H2. The molecule has 0 N–H and O–H groups in total. The van der Waals surface area contributed by atoms with Crippen LogP contribution in [-0.4, -0.2) is 10.7 Å². The number of hydrogen-bond acceptors (Lipinski definition) is 0.